The van der Waals surface area contributed by atoms with Crippen molar-refractivity contribution in [1.82, 2.24) is 0 Å². The summed E-state index contributed by atoms with van der Waals surface area (Å²) in [6, 6.07) is 55.0. The van der Waals surface area contributed by atoms with E-state index in [0.29, 0.717) is 0 Å². The molecule has 6 aromatic carbocycles. The zero-order valence-corrected chi connectivity index (χ0v) is 44.9. The van der Waals surface area contributed by atoms with Gasteiger partial charge in [-0.25, -0.2) is 0 Å². The Balaban J connectivity index is 0.000000155. The summed E-state index contributed by atoms with van der Waals surface area (Å²) in [5.41, 5.74) is 16.8. The lowest BCUT2D eigenvalue weighted by Gasteiger charge is -2.29. The van der Waals surface area contributed by atoms with Gasteiger partial charge >= 0.3 is 0 Å². The quantitative estimate of drug-likeness (QED) is 0.0849. The molecule has 3 aliphatic carbocycles. The van der Waals surface area contributed by atoms with Crippen LogP contribution in [0.15, 0.2) is 146 Å². The molecular weight excluding hydrogens is 841 g/mol. The first kappa shape index (κ1) is 53.1. The number of unbranched alkanes of at least 4 members (excludes halogenated alkanes) is 2. The fraction of sp³-hybridized carbons (Fsp3) is 0.486. The molecule has 0 bridgehead atoms. The minimum atomic E-state index is 0.791. The molecule has 0 atom stereocenters. The Morgan fingerprint density at radius 3 is 0.829 bits per heavy atom. The van der Waals surface area contributed by atoms with Crippen molar-refractivity contribution in [1.29, 1.82) is 0 Å². The van der Waals surface area contributed by atoms with Crippen LogP contribution in [0.3, 0.4) is 0 Å². The van der Waals surface area contributed by atoms with Crippen LogP contribution in [0, 0.1) is 24.7 Å². The predicted octanol–water partition coefficient (Wildman–Crippen LogP) is 21.5. The van der Waals surface area contributed by atoms with Gasteiger partial charge in [0.25, 0.3) is 0 Å². The first-order chi connectivity index (χ1) is 34.4. The van der Waals surface area contributed by atoms with Crippen molar-refractivity contribution < 1.29 is 0 Å². The molecule has 0 heteroatoms. The summed E-state index contributed by atoms with van der Waals surface area (Å²) in [4.78, 5) is 0. The van der Waals surface area contributed by atoms with E-state index in [0.717, 1.165) is 48.3 Å². The Hall–Kier alpha value is -4.68. The largest absolute Gasteiger partial charge is 0.0654 e. The minimum Gasteiger partial charge on any atom is -0.0654 e. The zero-order valence-electron chi connectivity index (χ0n) is 44.9. The van der Waals surface area contributed by atoms with Crippen LogP contribution in [-0.4, -0.2) is 0 Å². The molecule has 0 amide bonds. The molecule has 3 saturated carbocycles. The highest BCUT2D eigenvalue weighted by Gasteiger charge is 2.24. The van der Waals surface area contributed by atoms with Gasteiger partial charge < -0.3 is 0 Å². The molecule has 3 fully saturated rings. The Kier molecular flexibility index (Phi) is 21.5. The molecule has 0 saturated heterocycles. The van der Waals surface area contributed by atoms with Gasteiger partial charge in [-0.3, -0.25) is 0 Å². The molecule has 372 valence electrons. The van der Waals surface area contributed by atoms with E-state index in [4.69, 9.17) is 0 Å². The number of rotatable bonds is 16. The van der Waals surface area contributed by atoms with Crippen LogP contribution in [-0.2, 0) is 12.8 Å². The van der Waals surface area contributed by atoms with Gasteiger partial charge in [0.2, 0.25) is 0 Å². The third kappa shape index (κ3) is 15.9. The number of aryl methyl sites for hydroxylation is 3. The number of benzene rings is 6. The highest BCUT2D eigenvalue weighted by Crippen LogP contribution is 2.41. The fourth-order valence-corrected chi connectivity index (χ4v) is 12.3. The molecule has 0 radical (unpaired) electrons. The average Bonchev–Trinajstić information content (AvgIpc) is 3.43. The van der Waals surface area contributed by atoms with Crippen LogP contribution >= 0.6 is 0 Å². The van der Waals surface area contributed by atoms with E-state index in [-0.39, 0.29) is 0 Å². The molecular formula is C70H92. The molecule has 6 aromatic rings. The van der Waals surface area contributed by atoms with E-state index in [1.807, 2.05) is 0 Å². The summed E-state index contributed by atoms with van der Waals surface area (Å²) in [5.74, 6) is 5.36. The molecule has 0 N–H and O–H groups in total. The molecule has 3 aliphatic rings. The summed E-state index contributed by atoms with van der Waals surface area (Å²) in [7, 11) is 0. The van der Waals surface area contributed by atoms with E-state index in [1.54, 1.807) is 16.7 Å². The van der Waals surface area contributed by atoms with E-state index >= 15 is 0 Å². The van der Waals surface area contributed by atoms with Gasteiger partial charge in [-0.15, -0.1) is 0 Å². The number of hydrogen-bond donors (Lipinski definition) is 0. The van der Waals surface area contributed by atoms with Crippen molar-refractivity contribution in [3.05, 3.63) is 179 Å². The van der Waals surface area contributed by atoms with E-state index < -0.39 is 0 Å². The smallest absolute Gasteiger partial charge is 0.0162 e. The molecule has 9 rings (SSSR count). The Morgan fingerprint density at radius 2 is 0.557 bits per heavy atom. The van der Waals surface area contributed by atoms with Gasteiger partial charge in [0.05, 0.1) is 0 Å². The monoisotopic (exact) mass is 933 g/mol. The summed E-state index contributed by atoms with van der Waals surface area (Å²) in [5, 5.41) is 0. The van der Waals surface area contributed by atoms with Gasteiger partial charge in [0.1, 0.15) is 0 Å². The summed E-state index contributed by atoms with van der Waals surface area (Å²) >= 11 is 0. The van der Waals surface area contributed by atoms with Crippen molar-refractivity contribution in [2.24, 2.45) is 17.8 Å². The van der Waals surface area contributed by atoms with Crippen molar-refractivity contribution in [3.63, 3.8) is 0 Å². The van der Waals surface area contributed by atoms with Gasteiger partial charge in [-0.2, -0.15) is 0 Å². The van der Waals surface area contributed by atoms with Crippen LogP contribution < -0.4 is 0 Å². The molecule has 0 aromatic heterocycles. The maximum atomic E-state index is 2.38. The van der Waals surface area contributed by atoms with Crippen LogP contribution in [0.4, 0.5) is 0 Å². The second-order valence-corrected chi connectivity index (χ2v) is 22.1. The minimum absolute atomic E-state index is 0.791. The maximum Gasteiger partial charge on any atom is -0.0162 e. The molecule has 0 heterocycles. The highest BCUT2D eigenvalue weighted by molar-refractivity contribution is 5.66. The topological polar surface area (TPSA) is 0 Å². The lowest BCUT2D eigenvalue weighted by atomic mass is 9.77. The standard InChI is InChI=1S/C25H34.C23H30.C22H28/c1-3-5-6-7-21-10-14-23(15-11-21)25-18-16-24(17-19-25)22-12-8-20(4-2)9-13-22;1-3-5-19-8-12-21(13-9-19)23-16-14-22(15-17-23)20-10-6-18(4-2)7-11-20;1-3-4-18-7-11-20(12-8-18)22-15-13-21(14-16-22)19-9-5-17(2)6-10-19/h8-9,12-13,16-19,21,23H,3-7,10-11,14-15H2,1-2H3;6-7,10-11,14-17,19,21H,3-5,8-9,12-13H2,1-2H3;5-6,9-10,13-16,18,20H,3-4,7-8,11-12H2,1-2H3. The Bertz CT molecular complexity index is 2300. The van der Waals surface area contributed by atoms with Crippen molar-refractivity contribution in [2.75, 3.05) is 0 Å². The van der Waals surface area contributed by atoms with E-state index in [1.165, 1.54) is 178 Å². The van der Waals surface area contributed by atoms with Crippen molar-refractivity contribution >= 4 is 0 Å². The average molecular weight is 934 g/mol. The second kappa shape index (κ2) is 28.4. The number of hydrogen-bond acceptors (Lipinski definition) is 0. The van der Waals surface area contributed by atoms with E-state index in [2.05, 4.69) is 187 Å². The molecule has 0 spiro atoms. The Morgan fingerprint density at radius 1 is 0.286 bits per heavy atom. The lowest BCUT2D eigenvalue weighted by molar-refractivity contribution is 0.303. The second-order valence-electron chi connectivity index (χ2n) is 22.1. The summed E-state index contributed by atoms with van der Waals surface area (Å²) in [6.07, 6.45) is 30.4. The van der Waals surface area contributed by atoms with Gasteiger partial charge in [-0.05, 0) is 194 Å². The van der Waals surface area contributed by atoms with Crippen LogP contribution in [0.5, 0.6) is 0 Å². The normalized spacial score (nSPS) is 21.2. The SMILES string of the molecule is CCCC1CCC(c2ccc(-c3ccc(C)cc3)cc2)CC1.CCCC1CCC(c2ccc(-c3ccc(CC)cc3)cc2)CC1.CCCCCC1CCC(c2ccc(-c3ccc(CC)cc3)cc2)CC1. The third-order valence-electron chi connectivity index (χ3n) is 17.1. The van der Waals surface area contributed by atoms with Crippen molar-refractivity contribution in [3.8, 4) is 33.4 Å². The molecule has 70 heavy (non-hydrogen) atoms. The van der Waals surface area contributed by atoms with Crippen LogP contribution in [0.2, 0.25) is 0 Å². The Labute approximate surface area is 428 Å². The zero-order chi connectivity index (χ0) is 48.9. The molecule has 0 nitrogen and oxygen atoms in total. The van der Waals surface area contributed by atoms with E-state index in [9.17, 15) is 0 Å². The van der Waals surface area contributed by atoms with Crippen LogP contribution in [0.25, 0.3) is 33.4 Å². The van der Waals surface area contributed by atoms with Gasteiger partial charge in [0, 0.05) is 0 Å². The lowest BCUT2D eigenvalue weighted by Crippen LogP contribution is -2.13. The first-order valence-electron chi connectivity index (χ1n) is 28.9. The summed E-state index contributed by atoms with van der Waals surface area (Å²) in [6.45, 7) is 13.5. The van der Waals surface area contributed by atoms with Crippen molar-refractivity contribution in [2.45, 2.75) is 201 Å². The summed E-state index contributed by atoms with van der Waals surface area (Å²) < 4.78 is 0. The highest BCUT2D eigenvalue weighted by atomic mass is 14.3. The van der Waals surface area contributed by atoms with Crippen LogP contribution in [0.1, 0.15) is 214 Å². The molecule has 0 unspecified atom stereocenters. The van der Waals surface area contributed by atoms with Gasteiger partial charge in [0.15, 0.2) is 0 Å². The predicted molar refractivity (Wildman–Crippen MR) is 307 cm³/mol. The molecule has 0 aliphatic heterocycles. The third-order valence-corrected chi connectivity index (χ3v) is 17.1. The fourth-order valence-electron chi connectivity index (χ4n) is 12.3. The first-order valence-corrected chi connectivity index (χ1v) is 28.9. The maximum absolute atomic E-state index is 2.38. The van der Waals surface area contributed by atoms with Gasteiger partial charge in [-0.1, -0.05) is 237 Å².